The van der Waals surface area contributed by atoms with Crippen molar-refractivity contribution in [3.05, 3.63) is 47.5 Å². The number of carbonyl (C=O) groups is 1. The monoisotopic (exact) mass is 358 g/mol. The smallest absolute Gasteiger partial charge is 0.277 e. The van der Waals surface area contributed by atoms with Gasteiger partial charge in [0.1, 0.15) is 5.75 Å². The Bertz CT molecular complexity index is 764. The molecule has 0 saturated heterocycles. The fourth-order valence-corrected chi connectivity index (χ4v) is 2.24. The Morgan fingerprint density at radius 1 is 1.08 bits per heavy atom. The summed E-state index contributed by atoms with van der Waals surface area (Å²) in [5, 5.41) is 3.92. The average molecular weight is 358 g/mol. The number of amides is 1. The van der Waals surface area contributed by atoms with E-state index in [4.69, 9.17) is 18.9 Å². The average Bonchev–Trinajstić information content (AvgIpc) is 2.65. The number of hydrogen-bond acceptors (Lipinski definition) is 6. The van der Waals surface area contributed by atoms with Gasteiger partial charge in [0.2, 0.25) is 5.75 Å². The van der Waals surface area contributed by atoms with Crippen LogP contribution in [-0.2, 0) is 4.79 Å². The number of nitrogens with zero attached hydrogens (tertiary/aromatic N) is 1. The molecule has 0 bridgehead atoms. The summed E-state index contributed by atoms with van der Waals surface area (Å²) >= 11 is 0. The zero-order valence-corrected chi connectivity index (χ0v) is 15.2. The van der Waals surface area contributed by atoms with E-state index in [-0.39, 0.29) is 12.5 Å². The van der Waals surface area contributed by atoms with E-state index < -0.39 is 0 Å². The minimum absolute atomic E-state index is 0.129. The van der Waals surface area contributed by atoms with E-state index in [0.717, 1.165) is 5.56 Å². The van der Waals surface area contributed by atoms with Crippen molar-refractivity contribution in [2.75, 3.05) is 27.9 Å². The van der Waals surface area contributed by atoms with Gasteiger partial charge in [-0.1, -0.05) is 12.1 Å². The molecule has 0 spiro atoms. The number of hydrazone groups is 1. The van der Waals surface area contributed by atoms with Gasteiger partial charge in [-0.15, -0.1) is 0 Å². The SMILES string of the molecule is COc1cc(/C=N/NC(=O)COc2cccc(C)c2)cc(OC)c1OC. The minimum atomic E-state index is -0.366. The van der Waals surface area contributed by atoms with Crippen molar-refractivity contribution in [2.24, 2.45) is 5.10 Å². The van der Waals surface area contributed by atoms with Gasteiger partial charge < -0.3 is 18.9 Å². The van der Waals surface area contributed by atoms with Gasteiger partial charge >= 0.3 is 0 Å². The molecule has 0 fully saturated rings. The second-order valence-corrected chi connectivity index (χ2v) is 5.36. The second kappa shape index (κ2) is 9.31. The van der Waals surface area contributed by atoms with Crippen LogP contribution in [0.4, 0.5) is 0 Å². The molecule has 0 radical (unpaired) electrons. The van der Waals surface area contributed by atoms with Gasteiger partial charge in [-0.2, -0.15) is 5.10 Å². The highest BCUT2D eigenvalue weighted by molar-refractivity contribution is 5.84. The molecule has 138 valence electrons. The predicted octanol–water partition coefficient (Wildman–Crippen LogP) is 2.55. The van der Waals surface area contributed by atoms with Crippen LogP contribution in [0.1, 0.15) is 11.1 Å². The Kier molecular flexibility index (Phi) is 6.84. The van der Waals surface area contributed by atoms with Crippen LogP contribution in [0.5, 0.6) is 23.0 Å². The van der Waals surface area contributed by atoms with E-state index in [1.807, 2.05) is 25.1 Å². The maximum absolute atomic E-state index is 11.8. The van der Waals surface area contributed by atoms with Crippen LogP contribution in [0.2, 0.25) is 0 Å². The van der Waals surface area contributed by atoms with Crippen LogP contribution >= 0.6 is 0 Å². The molecule has 0 atom stereocenters. The molecule has 0 aliphatic carbocycles. The normalized spacial score (nSPS) is 10.5. The molecule has 2 aromatic carbocycles. The van der Waals surface area contributed by atoms with Gasteiger partial charge in [0.25, 0.3) is 5.91 Å². The van der Waals surface area contributed by atoms with Crippen molar-refractivity contribution in [2.45, 2.75) is 6.92 Å². The third-order valence-electron chi connectivity index (χ3n) is 3.45. The third kappa shape index (κ3) is 5.14. The molecule has 0 unspecified atom stereocenters. The summed E-state index contributed by atoms with van der Waals surface area (Å²) in [6, 6.07) is 10.9. The van der Waals surface area contributed by atoms with Crippen LogP contribution in [0, 0.1) is 6.92 Å². The fourth-order valence-electron chi connectivity index (χ4n) is 2.24. The predicted molar refractivity (Wildman–Crippen MR) is 98.5 cm³/mol. The Morgan fingerprint density at radius 3 is 2.35 bits per heavy atom. The summed E-state index contributed by atoms with van der Waals surface area (Å²) in [4.78, 5) is 11.8. The molecule has 1 N–H and O–H groups in total. The van der Waals surface area contributed by atoms with Gasteiger partial charge in [-0.05, 0) is 36.8 Å². The standard InChI is InChI=1S/C19H22N2O5/c1-13-6-5-7-15(8-13)26-12-18(22)21-20-11-14-9-16(23-2)19(25-4)17(10-14)24-3/h5-11H,12H2,1-4H3,(H,21,22)/b20-11+. The molecule has 7 nitrogen and oxygen atoms in total. The van der Waals surface area contributed by atoms with Crippen molar-refractivity contribution < 1.29 is 23.7 Å². The first kappa shape index (κ1) is 19.1. The Morgan fingerprint density at radius 2 is 1.77 bits per heavy atom. The van der Waals surface area contributed by atoms with Gasteiger partial charge in [-0.3, -0.25) is 4.79 Å². The molecule has 0 aliphatic heterocycles. The number of ether oxygens (including phenoxy) is 4. The van der Waals surface area contributed by atoms with Crippen molar-refractivity contribution in [3.8, 4) is 23.0 Å². The molecule has 0 saturated carbocycles. The van der Waals surface area contributed by atoms with Gasteiger partial charge in [0.05, 0.1) is 27.5 Å². The van der Waals surface area contributed by atoms with E-state index in [9.17, 15) is 4.79 Å². The minimum Gasteiger partial charge on any atom is -0.493 e. The largest absolute Gasteiger partial charge is 0.493 e. The van der Waals surface area contributed by atoms with Crippen molar-refractivity contribution >= 4 is 12.1 Å². The van der Waals surface area contributed by atoms with E-state index in [0.29, 0.717) is 28.6 Å². The van der Waals surface area contributed by atoms with Crippen molar-refractivity contribution in [1.29, 1.82) is 0 Å². The van der Waals surface area contributed by atoms with Crippen LogP contribution in [-0.4, -0.2) is 40.1 Å². The maximum Gasteiger partial charge on any atom is 0.277 e. The Labute approximate surface area is 152 Å². The Hall–Kier alpha value is -3.22. The number of methoxy groups -OCH3 is 3. The summed E-state index contributed by atoms with van der Waals surface area (Å²) in [7, 11) is 4.59. The Balaban J connectivity index is 1.96. The number of nitrogens with one attached hydrogen (secondary N) is 1. The zero-order chi connectivity index (χ0) is 18.9. The molecule has 0 aliphatic rings. The van der Waals surface area contributed by atoms with Crippen LogP contribution in [0.3, 0.4) is 0 Å². The van der Waals surface area contributed by atoms with E-state index in [1.54, 1.807) is 18.2 Å². The molecule has 26 heavy (non-hydrogen) atoms. The summed E-state index contributed by atoms with van der Waals surface area (Å²) in [6.07, 6.45) is 1.48. The van der Waals surface area contributed by atoms with Gasteiger partial charge in [0.15, 0.2) is 18.1 Å². The molecule has 7 heteroatoms. The number of carbonyl (C=O) groups excluding carboxylic acids is 1. The molecule has 1 amide bonds. The van der Waals surface area contributed by atoms with E-state index >= 15 is 0 Å². The second-order valence-electron chi connectivity index (χ2n) is 5.36. The summed E-state index contributed by atoms with van der Waals surface area (Å²) in [5.41, 5.74) is 4.15. The van der Waals surface area contributed by atoms with Crippen molar-refractivity contribution in [3.63, 3.8) is 0 Å². The molecule has 2 rings (SSSR count). The van der Waals surface area contributed by atoms with Gasteiger partial charge in [-0.25, -0.2) is 5.43 Å². The number of benzene rings is 2. The highest BCUT2D eigenvalue weighted by Gasteiger charge is 2.12. The summed E-state index contributed by atoms with van der Waals surface area (Å²) in [5.74, 6) is 1.76. The third-order valence-corrected chi connectivity index (χ3v) is 3.45. The van der Waals surface area contributed by atoms with E-state index in [1.165, 1.54) is 27.5 Å². The van der Waals surface area contributed by atoms with Crippen LogP contribution in [0.15, 0.2) is 41.5 Å². The number of hydrogen-bond donors (Lipinski definition) is 1. The molecular weight excluding hydrogens is 336 g/mol. The highest BCUT2D eigenvalue weighted by Crippen LogP contribution is 2.37. The highest BCUT2D eigenvalue weighted by atomic mass is 16.5. The first-order valence-electron chi connectivity index (χ1n) is 7.88. The lowest BCUT2D eigenvalue weighted by atomic mass is 10.2. The lowest BCUT2D eigenvalue weighted by Crippen LogP contribution is -2.24. The first-order valence-corrected chi connectivity index (χ1v) is 7.88. The topological polar surface area (TPSA) is 78.4 Å². The lowest BCUT2D eigenvalue weighted by Gasteiger charge is -2.12. The fraction of sp³-hybridized carbons (Fsp3) is 0.263. The number of rotatable bonds is 8. The first-order chi connectivity index (χ1) is 12.6. The van der Waals surface area contributed by atoms with E-state index in [2.05, 4.69) is 10.5 Å². The quantitative estimate of drug-likeness (QED) is 0.580. The summed E-state index contributed by atoms with van der Waals surface area (Å²) in [6.45, 7) is 1.82. The molecule has 0 heterocycles. The van der Waals surface area contributed by atoms with Crippen molar-refractivity contribution in [1.82, 2.24) is 5.43 Å². The molecule has 0 aromatic heterocycles. The number of aryl methyl sites for hydroxylation is 1. The van der Waals surface area contributed by atoms with Gasteiger partial charge in [0, 0.05) is 5.56 Å². The summed E-state index contributed by atoms with van der Waals surface area (Å²) < 4.78 is 21.2. The molecular formula is C19H22N2O5. The maximum atomic E-state index is 11.8. The van der Waals surface area contributed by atoms with Crippen LogP contribution in [0.25, 0.3) is 0 Å². The lowest BCUT2D eigenvalue weighted by molar-refractivity contribution is -0.123. The zero-order valence-electron chi connectivity index (χ0n) is 15.2. The van der Waals surface area contributed by atoms with Crippen LogP contribution < -0.4 is 24.4 Å². The molecule has 2 aromatic rings.